The summed E-state index contributed by atoms with van der Waals surface area (Å²) in [5, 5.41) is 9.42. The Bertz CT molecular complexity index is 558. The fourth-order valence-electron chi connectivity index (χ4n) is 1.44. The zero-order chi connectivity index (χ0) is 13.0. The zero-order valence-electron chi connectivity index (χ0n) is 9.83. The zero-order valence-corrected chi connectivity index (χ0v) is 10.6. The van der Waals surface area contributed by atoms with Gasteiger partial charge in [-0.2, -0.15) is 0 Å². The second-order valence-corrected chi connectivity index (χ2v) is 4.70. The van der Waals surface area contributed by atoms with E-state index in [9.17, 15) is 4.79 Å². The Labute approximate surface area is 109 Å². The first-order valence-electron chi connectivity index (χ1n) is 5.41. The van der Waals surface area contributed by atoms with Crippen molar-refractivity contribution in [2.75, 3.05) is 0 Å². The summed E-state index contributed by atoms with van der Waals surface area (Å²) in [4.78, 5) is 19.1. The van der Waals surface area contributed by atoms with Crippen molar-refractivity contribution in [1.29, 1.82) is 0 Å². The Morgan fingerprint density at radius 1 is 1.28 bits per heavy atom. The van der Waals surface area contributed by atoms with Crippen LogP contribution in [0.3, 0.4) is 0 Å². The minimum Gasteiger partial charge on any atom is -0.477 e. The maximum Gasteiger partial charge on any atom is 0.354 e. The van der Waals surface area contributed by atoms with Gasteiger partial charge in [0.15, 0.2) is 10.9 Å². The molecule has 2 aromatic rings. The van der Waals surface area contributed by atoms with Crippen LogP contribution in [0.5, 0.6) is 0 Å². The molecular weight excluding hydrogens is 248 g/mol. The van der Waals surface area contributed by atoms with Gasteiger partial charge in [0.1, 0.15) is 0 Å². The third kappa shape index (κ3) is 3.30. The number of carboxylic acids is 1. The molecule has 0 saturated heterocycles. The third-order valence-corrected chi connectivity index (χ3v) is 3.18. The van der Waals surface area contributed by atoms with E-state index < -0.39 is 5.97 Å². The van der Waals surface area contributed by atoms with Crippen LogP contribution in [0.15, 0.2) is 41.6 Å². The second-order valence-electron chi connectivity index (χ2n) is 3.76. The molecule has 0 amide bonds. The number of hydrogen-bond acceptors (Lipinski definition) is 4. The Balaban J connectivity index is 2.12. The molecule has 0 aliphatic rings. The Morgan fingerprint density at radius 3 is 2.67 bits per heavy atom. The highest BCUT2D eigenvalue weighted by molar-refractivity contribution is 7.98. The summed E-state index contributed by atoms with van der Waals surface area (Å²) in [6.45, 7) is 1.76. The van der Waals surface area contributed by atoms with E-state index in [1.54, 1.807) is 6.92 Å². The fourth-order valence-corrected chi connectivity index (χ4v) is 2.30. The normalized spacial score (nSPS) is 10.3. The first-order valence-corrected chi connectivity index (χ1v) is 6.39. The molecule has 2 rings (SSSR count). The maximum absolute atomic E-state index is 10.9. The molecule has 18 heavy (non-hydrogen) atoms. The van der Waals surface area contributed by atoms with E-state index >= 15 is 0 Å². The lowest BCUT2D eigenvalue weighted by Gasteiger charge is -2.03. The summed E-state index contributed by atoms with van der Waals surface area (Å²) in [6, 6.07) is 11.4. The topological polar surface area (TPSA) is 63.1 Å². The van der Waals surface area contributed by atoms with Crippen molar-refractivity contribution in [3.63, 3.8) is 0 Å². The van der Waals surface area contributed by atoms with E-state index in [2.05, 4.69) is 9.97 Å². The minimum atomic E-state index is -1.03. The summed E-state index contributed by atoms with van der Waals surface area (Å²) in [6.07, 6.45) is 0. The molecule has 1 aromatic carbocycles. The highest BCUT2D eigenvalue weighted by Crippen LogP contribution is 2.19. The molecule has 4 nitrogen and oxygen atoms in total. The van der Waals surface area contributed by atoms with Crippen LogP contribution in [0, 0.1) is 6.92 Å². The van der Waals surface area contributed by atoms with E-state index in [-0.39, 0.29) is 5.69 Å². The van der Waals surface area contributed by atoms with Crippen molar-refractivity contribution >= 4 is 17.7 Å². The number of aromatic nitrogens is 2. The molecule has 0 saturated carbocycles. The van der Waals surface area contributed by atoms with Gasteiger partial charge in [-0.15, -0.1) is 0 Å². The largest absolute Gasteiger partial charge is 0.477 e. The summed E-state index contributed by atoms with van der Waals surface area (Å²) in [5.41, 5.74) is 1.86. The summed E-state index contributed by atoms with van der Waals surface area (Å²) >= 11 is 1.43. The Kier molecular flexibility index (Phi) is 3.94. The standard InChI is InChI=1S/C13H12N2O2S/c1-9-7-11(12(16)17)15-13(14-9)18-8-10-5-3-2-4-6-10/h2-7H,8H2,1H3,(H,16,17). The van der Waals surface area contributed by atoms with Crippen molar-refractivity contribution < 1.29 is 9.90 Å². The number of nitrogens with zero attached hydrogens (tertiary/aromatic N) is 2. The van der Waals surface area contributed by atoms with Gasteiger partial charge in [-0.1, -0.05) is 42.1 Å². The number of carbonyl (C=O) groups is 1. The van der Waals surface area contributed by atoms with Crippen molar-refractivity contribution in [3.8, 4) is 0 Å². The molecule has 0 atom stereocenters. The number of aromatic carboxylic acids is 1. The van der Waals surface area contributed by atoms with E-state index in [4.69, 9.17) is 5.11 Å². The van der Waals surface area contributed by atoms with Crippen molar-refractivity contribution in [2.45, 2.75) is 17.8 Å². The van der Waals surface area contributed by atoms with Gasteiger partial charge in [-0.25, -0.2) is 14.8 Å². The van der Waals surface area contributed by atoms with E-state index in [1.165, 1.54) is 17.8 Å². The molecule has 0 unspecified atom stereocenters. The highest BCUT2D eigenvalue weighted by Gasteiger charge is 2.08. The molecule has 1 aromatic heterocycles. The summed E-state index contributed by atoms with van der Waals surface area (Å²) in [7, 11) is 0. The Hall–Kier alpha value is -1.88. The SMILES string of the molecule is Cc1cc(C(=O)O)nc(SCc2ccccc2)n1. The number of hydrogen-bond donors (Lipinski definition) is 1. The lowest BCUT2D eigenvalue weighted by molar-refractivity contribution is 0.0689. The van der Waals surface area contributed by atoms with E-state index in [0.29, 0.717) is 10.9 Å². The number of benzene rings is 1. The average Bonchev–Trinajstić information content (AvgIpc) is 2.37. The van der Waals surface area contributed by atoms with Gasteiger partial charge in [0, 0.05) is 11.4 Å². The Morgan fingerprint density at radius 2 is 2.00 bits per heavy atom. The summed E-state index contributed by atoms with van der Waals surface area (Å²) < 4.78 is 0. The molecule has 1 heterocycles. The molecule has 0 bridgehead atoms. The number of carboxylic acid groups (broad SMARTS) is 1. The smallest absolute Gasteiger partial charge is 0.354 e. The predicted molar refractivity (Wildman–Crippen MR) is 69.7 cm³/mol. The van der Waals surface area contributed by atoms with Crippen LogP contribution in [0.4, 0.5) is 0 Å². The molecular formula is C13H12N2O2S. The molecule has 1 N–H and O–H groups in total. The van der Waals surface area contributed by atoms with Gasteiger partial charge >= 0.3 is 5.97 Å². The lowest BCUT2D eigenvalue weighted by Crippen LogP contribution is -2.03. The minimum absolute atomic E-state index is 0.0399. The molecule has 0 aliphatic carbocycles. The first kappa shape index (κ1) is 12.6. The van der Waals surface area contributed by atoms with Crippen LogP contribution >= 0.6 is 11.8 Å². The third-order valence-electron chi connectivity index (χ3n) is 2.26. The van der Waals surface area contributed by atoms with Gasteiger partial charge in [-0.3, -0.25) is 0 Å². The molecule has 92 valence electrons. The van der Waals surface area contributed by atoms with Crippen molar-refractivity contribution in [3.05, 3.63) is 53.3 Å². The number of rotatable bonds is 4. The van der Waals surface area contributed by atoms with Crippen molar-refractivity contribution in [1.82, 2.24) is 9.97 Å². The maximum atomic E-state index is 10.9. The van der Waals surface area contributed by atoms with Gasteiger partial charge in [0.25, 0.3) is 0 Å². The fraction of sp³-hybridized carbons (Fsp3) is 0.154. The van der Waals surface area contributed by atoms with Crippen LogP contribution in [-0.2, 0) is 5.75 Å². The van der Waals surface area contributed by atoms with Gasteiger partial charge in [0.05, 0.1) is 0 Å². The van der Waals surface area contributed by atoms with Crippen LogP contribution < -0.4 is 0 Å². The van der Waals surface area contributed by atoms with Gasteiger partial charge in [-0.05, 0) is 18.6 Å². The molecule has 0 spiro atoms. The van der Waals surface area contributed by atoms with Crippen LogP contribution in [0.1, 0.15) is 21.7 Å². The monoisotopic (exact) mass is 260 g/mol. The molecule has 0 fully saturated rings. The molecule has 5 heteroatoms. The first-order chi connectivity index (χ1) is 8.65. The predicted octanol–water partition coefficient (Wildman–Crippen LogP) is 2.78. The number of aryl methyl sites for hydroxylation is 1. The molecule has 0 aliphatic heterocycles. The summed E-state index contributed by atoms with van der Waals surface area (Å²) in [5.74, 6) is -0.300. The van der Waals surface area contributed by atoms with E-state index in [1.807, 2.05) is 30.3 Å². The second kappa shape index (κ2) is 5.64. The van der Waals surface area contributed by atoms with E-state index in [0.717, 1.165) is 11.3 Å². The van der Waals surface area contributed by atoms with Crippen LogP contribution in [-0.4, -0.2) is 21.0 Å². The molecule has 0 radical (unpaired) electrons. The number of thioether (sulfide) groups is 1. The lowest BCUT2D eigenvalue weighted by atomic mass is 10.2. The highest BCUT2D eigenvalue weighted by atomic mass is 32.2. The quantitative estimate of drug-likeness (QED) is 0.676. The van der Waals surface area contributed by atoms with Gasteiger partial charge < -0.3 is 5.11 Å². The van der Waals surface area contributed by atoms with Crippen molar-refractivity contribution in [2.24, 2.45) is 0 Å². The van der Waals surface area contributed by atoms with Gasteiger partial charge in [0.2, 0.25) is 0 Å². The van der Waals surface area contributed by atoms with Crippen LogP contribution in [0.25, 0.3) is 0 Å². The van der Waals surface area contributed by atoms with Crippen LogP contribution in [0.2, 0.25) is 0 Å². The average molecular weight is 260 g/mol.